The van der Waals surface area contributed by atoms with Crippen LogP contribution in [0.5, 0.6) is 0 Å². The average molecular weight is 274 g/mol. The number of nitrogens with zero attached hydrogens (tertiary/aromatic N) is 3. The normalized spacial score (nSPS) is 16.6. The topological polar surface area (TPSA) is 41.1 Å². The molecular formula is C14H18N4S. The molecule has 0 spiro atoms. The Hall–Kier alpha value is -1.30. The third kappa shape index (κ3) is 3.37. The van der Waals surface area contributed by atoms with Gasteiger partial charge in [-0.15, -0.1) is 10.2 Å². The summed E-state index contributed by atoms with van der Waals surface area (Å²) in [5.74, 6) is 0. The second-order valence-electron chi connectivity index (χ2n) is 4.71. The number of hydrogen-bond acceptors (Lipinski definition) is 5. The van der Waals surface area contributed by atoms with E-state index >= 15 is 0 Å². The van der Waals surface area contributed by atoms with Crippen LogP contribution in [-0.2, 0) is 6.42 Å². The summed E-state index contributed by atoms with van der Waals surface area (Å²) >= 11 is 1.71. The van der Waals surface area contributed by atoms with Gasteiger partial charge in [0.2, 0.25) is 0 Å². The van der Waals surface area contributed by atoms with Crippen LogP contribution in [0, 0.1) is 0 Å². The first kappa shape index (κ1) is 12.7. The van der Waals surface area contributed by atoms with Crippen LogP contribution in [0.3, 0.4) is 0 Å². The van der Waals surface area contributed by atoms with E-state index in [2.05, 4.69) is 32.5 Å². The van der Waals surface area contributed by atoms with Gasteiger partial charge in [0.1, 0.15) is 10.0 Å². The van der Waals surface area contributed by atoms with Gasteiger partial charge in [0.25, 0.3) is 0 Å². The number of aromatic nitrogens is 2. The molecule has 0 atom stereocenters. The van der Waals surface area contributed by atoms with Gasteiger partial charge in [-0.25, -0.2) is 0 Å². The van der Waals surface area contributed by atoms with E-state index in [4.69, 9.17) is 0 Å². The van der Waals surface area contributed by atoms with Crippen LogP contribution >= 0.6 is 11.3 Å². The number of nitrogens with one attached hydrogen (secondary N) is 1. The first-order valence-electron chi connectivity index (χ1n) is 6.73. The summed E-state index contributed by atoms with van der Waals surface area (Å²) in [4.78, 5) is 2.49. The van der Waals surface area contributed by atoms with Gasteiger partial charge in [-0.3, -0.25) is 0 Å². The molecule has 100 valence electrons. The second kappa shape index (κ2) is 6.23. The van der Waals surface area contributed by atoms with Crippen LogP contribution in [0.1, 0.15) is 5.01 Å². The Bertz CT molecular complexity index is 505. The highest BCUT2D eigenvalue weighted by molar-refractivity contribution is 7.14. The molecule has 0 bridgehead atoms. The van der Waals surface area contributed by atoms with Crippen molar-refractivity contribution in [3.8, 4) is 10.6 Å². The summed E-state index contributed by atoms with van der Waals surface area (Å²) in [5.41, 5.74) is 1.16. The van der Waals surface area contributed by atoms with Crippen molar-refractivity contribution in [2.75, 3.05) is 32.7 Å². The van der Waals surface area contributed by atoms with Crippen LogP contribution in [0.15, 0.2) is 30.3 Å². The Morgan fingerprint density at radius 2 is 1.89 bits per heavy atom. The third-order valence-electron chi connectivity index (χ3n) is 3.34. The minimum absolute atomic E-state index is 1.00. The van der Waals surface area contributed by atoms with E-state index < -0.39 is 0 Å². The van der Waals surface area contributed by atoms with Crippen LogP contribution in [0.4, 0.5) is 0 Å². The predicted molar refractivity (Wildman–Crippen MR) is 78.4 cm³/mol. The molecule has 1 fully saturated rings. The zero-order valence-corrected chi connectivity index (χ0v) is 11.7. The average Bonchev–Trinajstić information content (AvgIpc) is 2.96. The molecule has 0 radical (unpaired) electrons. The van der Waals surface area contributed by atoms with Crippen molar-refractivity contribution in [1.82, 2.24) is 20.4 Å². The summed E-state index contributed by atoms with van der Waals surface area (Å²) in [5, 5.41) is 14.1. The van der Waals surface area contributed by atoms with Crippen molar-refractivity contribution < 1.29 is 0 Å². The van der Waals surface area contributed by atoms with E-state index in [-0.39, 0.29) is 0 Å². The molecule has 19 heavy (non-hydrogen) atoms. The van der Waals surface area contributed by atoms with Gasteiger partial charge in [0.05, 0.1) is 0 Å². The molecule has 0 unspecified atom stereocenters. The lowest BCUT2D eigenvalue weighted by atomic mass is 10.2. The number of hydrogen-bond donors (Lipinski definition) is 1. The highest BCUT2D eigenvalue weighted by Crippen LogP contribution is 2.23. The second-order valence-corrected chi connectivity index (χ2v) is 5.77. The summed E-state index contributed by atoms with van der Waals surface area (Å²) in [6, 6.07) is 10.3. The quantitative estimate of drug-likeness (QED) is 0.920. The van der Waals surface area contributed by atoms with Crippen molar-refractivity contribution in [2.45, 2.75) is 6.42 Å². The zero-order chi connectivity index (χ0) is 12.9. The molecule has 1 N–H and O–H groups in total. The maximum atomic E-state index is 4.30. The first-order valence-corrected chi connectivity index (χ1v) is 7.54. The molecule has 0 amide bonds. The SMILES string of the molecule is c1ccc(-c2nnc(CCN3CCNCC3)s2)cc1. The molecule has 0 aliphatic carbocycles. The molecule has 5 heteroatoms. The van der Waals surface area contributed by atoms with Gasteiger partial charge in [0.15, 0.2) is 0 Å². The zero-order valence-electron chi connectivity index (χ0n) is 10.9. The standard InChI is InChI=1S/C14H18N4S/c1-2-4-12(5-3-1)14-17-16-13(19-14)6-9-18-10-7-15-8-11-18/h1-5,15H,6-11H2. The minimum Gasteiger partial charge on any atom is -0.314 e. The van der Waals surface area contributed by atoms with Gasteiger partial charge < -0.3 is 10.2 Å². The van der Waals surface area contributed by atoms with Crippen LogP contribution in [-0.4, -0.2) is 47.8 Å². The van der Waals surface area contributed by atoms with Crippen molar-refractivity contribution in [3.05, 3.63) is 35.3 Å². The molecular weight excluding hydrogens is 256 g/mol. The first-order chi connectivity index (χ1) is 9.42. The predicted octanol–water partition coefficient (Wildman–Crippen LogP) is 1.65. The van der Waals surface area contributed by atoms with E-state index in [1.54, 1.807) is 11.3 Å². The Balaban J connectivity index is 1.59. The molecule has 2 heterocycles. The van der Waals surface area contributed by atoms with E-state index in [0.717, 1.165) is 54.7 Å². The molecule has 3 rings (SSSR count). The number of benzene rings is 1. The van der Waals surface area contributed by atoms with E-state index in [0.29, 0.717) is 0 Å². The minimum atomic E-state index is 1.00. The van der Waals surface area contributed by atoms with Gasteiger partial charge in [-0.1, -0.05) is 41.7 Å². The van der Waals surface area contributed by atoms with Crippen molar-refractivity contribution >= 4 is 11.3 Å². The maximum Gasteiger partial charge on any atom is 0.147 e. The monoisotopic (exact) mass is 274 g/mol. The van der Waals surface area contributed by atoms with Crippen LogP contribution < -0.4 is 5.32 Å². The molecule has 1 aromatic heterocycles. The fourth-order valence-corrected chi connectivity index (χ4v) is 3.07. The lowest BCUT2D eigenvalue weighted by Crippen LogP contribution is -2.44. The van der Waals surface area contributed by atoms with Crippen molar-refractivity contribution in [1.29, 1.82) is 0 Å². The molecule has 0 saturated carbocycles. The van der Waals surface area contributed by atoms with Gasteiger partial charge in [-0.2, -0.15) is 0 Å². The summed E-state index contributed by atoms with van der Waals surface area (Å²) < 4.78 is 0. The Morgan fingerprint density at radius 3 is 2.68 bits per heavy atom. The van der Waals surface area contributed by atoms with Gasteiger partial charge in [-0.05, 0) is 0 Å². The fourth-order valence-electron chi connectivity index (χ4n) is 2.24. The Kier molecular flexibility index (Phi) is 4.17. The van der Waals surface area contributed by atoms with E-state index in [1.807, 2.05) is 18.2 Å². The summed E-state index contributed by atoms with van der Waals surface area (Å²) in [6.45, 7) is 5.58. The molecule has 1 saturated heterocycles. The van der Waals surface area contributed by atoms with Crippen molar-refractivity contribution in [3.63, 3.8) is 0 Å². The smallest absolute Gasteiger partial charge is 0.147 e. The largest absolute Gasteiger partial charge is 0.314 e. The number of piperazine rings is 1. The lowest BCUT2D eigenvalue weighted by Gasteiger charge is -2.26. The fraction of sp³-hybridized carbons (Fsp3) is 0.429. The lowest BCUT2D eigenvalue weighted by molar-refractivity contribution is 0.243. The molecule has 4 nitrogen and oxygen atoms in total. The molecule has 1 aliphatic heterocycles. The van der Waals surface area contributed by atoms with E-state index in [9.17, 15) is 0 Å². The van der Waals surface area contributed by atoms with Crippen LogP contribution in [0.25, 0.3) is 10.6 Å². The summed E-state index contributed by atoms with van der Waals surface area (Å²) in [6.07, 6.45) is 1.00. The van der Waals surface area contributed by atoms with Crippen LogP contribution in [0.2, 0.25) is 0 Å². The molecule has 2 aromatic rings. The van der Waals surface area contributed by atoms with Gasteiger partial charge >= 0.3 is 0 Å². The Labute approximate surface area is 117 Å². The van der Waals surface area contributed by atoms with Gasteiger partial charge in [0, 0.05) is 44.7 Å². The third-order valence-corrected chi connectivity index (χ3v) is 4.37. The molecule has 1 aromatic carbocycles. The van der Waals surface area contributed by atoms with E-state index in [1.165, 1.54) is 0 Å². The highest BCUT2D eigenvalue weighted by Gasteiger charge is 2.11. The highest BCUT2D eigenvalue weighted by atomic mass is 32.1. The number of rotatable bonds is 4. The summed E-state index contributed by atoms with van der Waals surface area (Å²) in [7, 11) is 0. The maximum absolute atomic E-state index is 4.30. The van der Waals surface area contributed by atoms with Crippen molar-refractivity contribution in [2.24, 2.45) is 0 Å². The Morgan fingerprint density at radius 1 is 1.11 bits per heavy atom. The molecule has 1 aliphatic rings.